The molecule has 10 heteroatoms. The molecule has 1 fully saturated rings. The van der Waals surface area contributed by atoms with E-state index in [9.17, 15) is 8.42 Å². The lowest BCUT2D eigenvalue weighted by Crippen LogP contribution is -2.54. The first-order valence-corrected chi connectivity index (χ1v) is 9.68. The van der Waals surface area contributed by atoms with Crippen molar-refractivity contribution in [1.82, 2.24) is 23.8 Å². The number of aryl methyl sites for hydroxylation is 1. The van der Waals surface area contributed by atoms with Crippen LogP contribution in [0.15, 0.2) is 0 Å². The summed E-state index contributed by atoms with van der Waals surface area (Å²) in [5.74, 6) is 1.23. The molecule has 1 aromatic heterocycles. The molecule has 1 saturated heterocycles. The molecule has 0 bridgehead atoms. The number of aromatic nitrogens is 3. The molecule has 3 heterocycles. The van der Waals surface area contributed by atoms with Crippen LogP contribution in [-0.4, -0.2) is 59.9 Å². The van der Waals surface area contributed by atoms with Crippen molar-refractivity contribution < 1.29 is 17.9 Å². The fourth-order valence-corrected chi connectivity index (χ4v) is 4.82. The Hall–Kier alpha value is -1.07. The highest BCUT2D eigenvalue weighted by atomic mass is 32.2. The van der Waals surface area contributed by atoms with Crippen molar-refractivity contribution >= 4 is 10.2 Å². The van der Waals surface area contributed by atoms with Gasteiger partial charge in [0.2, 0.25) is 0 Å². The van der Waals surface area contributed by atoms with Crippen molar-refractivity contribution in [3.05, 3.63) is 11.6 Å². The average Bonchev–Trinajstić information content (AvgIpc) is 2.93. The molecule has 0 unspecified atom stereocenters. The van der Waals surface area contributed by atoms with E-state index < -0.39 is 10.2 Å². The summed E-state index contributed by atoms with van der Waals surface area (Å²) >= 11 is 0. The van der Waals surface area contributed by atoms with E-state index in [1.54, 1.807) is 11.8 Å². The van der Waals surface area contributed by atoms with Gasteiger partial charge in [-0.3, -0.25) is 0 Å². The summed E-state index contributed by atoms with van der Waals surface area (Å²) in [6.07, 6.45) is 1.45. The fourth-order valence-electron chi connectivity index (χ4n) is 3.16. The van der Waals surface area contributed by atoms with Crippen LogP contribution in [0.4, 0.5) is 0 Å². The van der Waals surface area contributed by atoms with Crippen LogP contribution in [0.1, 0.15) is 44.4 Å². The van der Waals surface area contributed by atoms with E-state index in [1.807, 2.05) is 13.8 Å². The molecule has 3 atom stereocenters. The molecule has 0 spiro atoms. The molecule has 0 saturated carbocycles. The summed E-state index contributed by atoms with van der Waals surface area (Å²) in [6.45, 7) is 5.55. The number of methoxy groups -OCH3 is 1. The Kier molecular flexibility index (Phi) is 5.21. The minimum atomic E-state index is -3.62. The molecule has 0 aromatic carbocycles. The number of hydrogen-bond donors (Lipinski definition) is 1. The van der Waals surface area contributed by atoms with Gasteiger partial charge >= 0.3 is 0 Å². The summed E-state index contributed by atoms with van der Waals surface area (Å²) in [6, 6.07) is -0.559. The zero-order chi connectivity index (χ0) is 17.3. The van der Waals surface area contributed by atoms with Gasteiger partial charge in [0.15, 0.2) is 5.82 Å². The summed E-state index contributed by atoms with van der Waals surface area (Å²) in [5.41, 5.74) is 0. The van der Waals surface area contributed by atoms with Gasteiger partial charge in [-0.05, 0) is 26.7 Å². The molecule has 0 amide bonds. The van der Waals surface area contributed by atoms with Crippen LogP contribution in [0.25, 0.3) is 0 Å². The normalized spacial score (nSPS) is 28.7. The summed E-state index contributed by atoms with van der Waals surface area (Å²) in [7, 11) is -2.04. The van der Waals surface area contributed by atoms with Gasteiger partial charge in [0.05, 0.1) is 18.8 Å². The highest BCUT2D eigenvalue weighted by molar-refractivity contribution is 7.87. The number of fused-ring (bicyclic) bond motifs is 1. The van der Waals surface area contributed by atoms with Gasteiger partial charge in [-0.2, -0.15) is 22.5 Å². The monoisotopic (exact) mass is 359 g/mol. The third kappa shape index (κ3) is 3.62. The number of morpholine rings is 1. The average molecular weight is 359 g/mol. The maximum atomic E-state index is 12.8. The molecular weight excluding hydrogens is 334 g/mol. The minimum absolute atomic E-state index is 0.110. The third-order valence-corrected chi connectivity index (χ3v) is 6.05. The van der Waals surface area contributed by atoms with Crippen molar-refractivity contribution in [1.29, 1.82) is 0 Å². The third-order valence-electron chi connectivity index (χ3n) is 4.34. The molecule has 1 N–H and O–H groups in total. The molecule has 3 rings (SSSR count). The molecule has 9 nitrogen and oxygen atoms in total. The Bertz CT molecular complexity index is 677. The van der Waals surface area contributed by atoms with Crippen LogP contribution >= 0.6 is 0 Å². The summed E-state index contributed by atoms with van der Waals surface area (Å²) in [4.78, 5) is 4.44. The molecule has 1 aromatic rings. The number of nitrogens with zero attached hydrogens (tertiary/aromatic N) is 4. The zero-order valence-electron chi connectivity index (χ0n) is 14.3. The van der Waals surface area contributed by atoms with E-state index in [1.165, 1.54) is 4.31 Å². The van der Waals surface area contributed by atoms with Crippen LogP contribution in [0.3, 0.4) is 0 Å². The fraction of sp³-hybridized carbons (Fsp3) is 0.857. The predicted molar refractivity (Wildman–Crippen MR) is 86.3 cm³/mol. The Morgan fingerprint density at radius 2 is 2.21 bits per heavy atom. The van der Waals surface area contributed by atoms with Crippen LogP contribution in [0.2, 0.25) is 0 Å². The Labute approximate surface area is 142 Å². The quantitative estimate of drug-likeness (QED) is 0.807. The predicted octanol–water partition coefficient (Wildman–Crippen LogP) is 0.203. The maximum Gasteiger partial charge on any atom is 0.280 e. The van der Waals surface area contributed by atoms with Crippen molar-refractivity contribution in [2.24, 2.45) is 0 Å². The Morgan fingerprint density at radius 1 is 1.42 bits per heavy atom. The number of hydrogen-bond acceptors (Lipinski definition) is 6. The van der Waals surface area contributed by atoms with Crippen molar-refractivity contribution in [2.75, 3.05) is 20.3 Å². The molecule has 136 valence electrons. The number of nitrogens with one attached hydrogen (secondary N) is 1. The maximum absolute atomic E-state index is 12.8. The second-order valence-electron chi connectivity index (χ2n) is 6.42. The second kappa shape index (κ2) is 7.04. The Balaban J connectivity index is 1.78. The summed E-state index contributed by atoms with van der Waals surface area (Å²) in [5, 5.41) is 4.37. The van der Waals surface area contributed by atoms with Crippen LogP contribution in [-0.2, 0) is 32.8 Å². The first kappa shape index (κ1) is 17.7. The van der Waals surface area contributed by atoms with Crippen molar-refractivity contribution in [2.45, 2.75) is 58.0 Å². The largest absolute Gasteiger partial charge is 0.377 e. The van der Waals surface area contributed by atoms with E-state index in [0.29, 0.717) is 37.8 Å². The van der Waals surface area contributed by atoms with Crippen LogP contribution in [0, 0.1) is 0 Å². The van der Waals surface area contributed by atoms with Crippen molar-refractivity contribution in [3.63, 3.8) is 0 Å². The van der Waals surface area contributed by atoms with E-state index >= 15 is 0 Å². The van der Waals surface area contributed by atoms with Crippen LogP contribution < -0.4 is 4.72 Å². The highest BCUT2D eigenvalue weighted by Gasteiger charge is 2.36. The van der Waals surface area contributed by atoms with E-state index in [0.717, 1.165) is 13.0 Å². The number of ether oxygens (including phenoxy) is 2. The van der Waals surface area contributed by atoms with Crippen molar-refractivity contribution in [3.8, 4) is 0 Å². The van der Waals surface area contributed by atoms with Gasteiger partial charge in [-0.1, -0.05) is 0 Å². The van der Waals surface area contributed by atoms with Gasteiger partial charge in [0.25, 0.3) is 10.2 Å². The SMILES string of the molecule is COCc1nc2n(n1)CCC[C@@H]2NS(=O)(=O)N1C[C@H](C)OC[C@@H]1C. The minimum Gasteiger partial charge on any atom is -0.377 e. The van der Waals surface area contributed by atoms with Gasteiger partial charge in [0.1, 0.15) is 12.4 Å². The molecule has 0 radical (unpaired) electrons. The van der Waals surface area contributed by atoms with Gasteiger partial charge in [0, 0.05) is 26.2 Å². The molecule has 0 aliphatic carbocycles. The lowest BCUT2D eigenvalue weighted by atomic mass is 10.1. The first-order chi connectivity index (χ1) is 11.4. The van der Waals surface area contributed by atoms with E-state index in [-0.39, 0.29) is 18.2 Å². The Morgan fingerprint density at radius 3 is 2.96 bits per heavy atom. The topological polar surface area (TPSA) is 98.6 Å². The van der Waals surface area contributed by atoms with E-state index in [2.05, 4.69) is 14.8 Å². The van der Waals surface area contributed by atoms with Gasteiger partial charge in [-0.25, -0.2) is 9.67 Å². The lowest BCUT2D eigenvalue weighted by molar-refractivity contribution is -0.0176. The van der Waals surface area contributed by atoms with Crippen LogP contribution in [0.5, 0.6) is 0 Å². The zero-order valence-corrected chi connectivity index (χ0v) is 15.1. The van der Waals surface area contributed by atoms with E-state index in [4.69, 9.17) is 9.47 Å². The summed E-state index contributed by atoms with van der Waals surface area (Å²) < 4.78 is 42.3. The molecule has 2 aliphatic heterocycles. The number of rotatable bonds is 5. The molecule has 2 aliphatic rings. The van der Waals surface area contributed by atoms with Gasteiger partial charge in [-0.15, -0.1) is 0 Å². The molecule has 24 heavy (non-hydrogen) atoms. The first-order valence-electron chi connectivity index (χ1n) is 8.24. The second-order valence-corrected chi connectivity index (χ2v) is 8.08. The standard InChI is InChI=1S/C14H25N5O4S/c1-10-8-23-11(2)7-19(10)24(20,21)17-12-5-4-6-18-14(12)15-13(16-18)9-22-3/h10-12,17H,4-9H2,1-3H3/t10-,11-,12-/m0/s1. The lowest BCUT2D eigenvalue weighted by Gasteiger charge is -2.36. The van der Waals surface area contributed by atoms with Gasteiger partial charge < -0.3 is 9.47 Å². The molecular formula is C14H25N5O4S. The highest BCUT2D eigenvalue weighted by Crippen LogP contribution is 2.25. The smallest absolute Gasteiger partial charge is 0.280 e.